The Morgan fingerprint density at radius 1 is 1.18 bits per heavy atom. The van der Waals surface area contributed by atoms with Gasteiger partial charge in [0.15, 0.2) is 0 Å². The number of rotatable bonds is 5. The molecular formula is C14H21NOS. The summed E-state index contributed by atoms with van der Waals surface area (Å²) in [5, 5.41) is 0. The molecule has 0 heterocycles. The maximum Gasteiger partial charge on any atom is 0.0442 e. The first-order valence-electron chi connectivity index (χ1n) is 5.72. The van der Waals surface area contributed by atoms with Crippen molar-refractivity contribution in [2.24, 2.45) is 0 Å². The molecule has 0 spiro atoms. The Hall–Kier alpha value is -1.09. The molecule has 17 heavy (non-hydrogen) atoms. The average Bonchev–Trinajstić information content (AvgIpc) is 2.29. The first-order valence-corrected chi connectivity index (χ1v) is 7.45. The highest BCUT2D eigenvalue weighted by molar-refractivity contribution is 7.84. The standard InChI is InChI=1S/C14H21NOS/c1-12(13(2)11-17(4)16)10-15(3)14-8-6-5-7-9-14/h5-9H,10-11H2,1-4H3/b13-12-. The molecule has 0 amide bonds. The highest BCUT2D eigenvalue weighted by Gasteiger charge is 2.04. The quantitative estimate of drug-likeness (QED) is 0.750. The molecule has 0 aliphatic heterocycles. The van der Waals surface area contributed by atoms with Gasteiger partial charge in [-0.1, -0.05) is 29.3 Å². The molecule has 0 radical (unpaired) electrons. The fraction of sp³-hybridized carbons (Fsp3) is 0.429. The monoisotopic (exact) mass is 251 g/mol. The predicted molar refractivity (Wildman–Crippen MR) is 77.0 cm³/mol. The van der Waals surface area contributed by atoms with E-state index in [1.165, 1.54) is 16.8 Å². The molecule has 0 N–H and O–H groups in total. The molecule has 0 saturated heterocycles. The summed E-state index contributed by atoms with van der Waals surface area (Å²) in [7, 11) is 1.33. The highest BCUT2D eigenvalue weighted by atomic mass is 32.2. The Balaban J connectivity index is 2.68. The van der Waals surface area contributed by atoms with E-state index in [9.17, 15) is 4.21 Å². The van der Waals surface area contributed by atoms with Gasteiger partial charge in [0.05, 0.1) is 0 Å². The van der Waals surface area contributed by atoms with Crippen molar-refractivity contribution >= 4 is 16.5 Å². The average molecular weight is 251 g/mol. The zero-order valence-corrected chi connectivity index (χ0v) is 11.9. The van der Waals surface area contributed by atoms with Crippen LogP contribution >= 0.6 is 0 Å². The number of hydrogen-bond donors (Lipinski definition) is 0. The third kappa shape index (κ3) is 4.73. The van der Waals surface area contributed by atoms with Gasteiger partial charge in [0.25, 0.3) is 0 Å². The lowest BCUT2D eigenvalue weighted by molar-refractivity contribution is 0.688. The fourth-order valence-corrected chi connectivity index (χ4v) is 2.55. The minimum Gasteiger partial charge on any atom is -0.371 e. The zero-order chi connectivity index (χ0) is 12.8. The molecule has 1 rings (SSSR count). The molecule has 3 heteroatoms. The van der Waals surface area contributed by atoms with Crippen LogP contribution in [0.15, 0.2) is 41.5 Å². The minimum absolute atomic E-state index is 0.675. The predicted octanol–water partition coefficient (Wildman–Crippen LogP) is 2.84. The zero-order valence-electron chi connectivity index (χ0n) is 11.1. The SMILES string of the molecule is C/C(CN(C)c1ccccc1)=C(\C)CS(C)=O. The van der Waals surface area contributed by atoms with Crippen molar-refractivity contribution in [2.75, 3.05) is 30.5 Å². The van der Waals surface area contributed by atoms with Gasteiger partial charge in [0.2, 0.25) is 0 Å². The van der Waals surface area contributed by atoms with Crippen LogP contribution in [-0.4, -0.2) is 29.8 Å². The van der Waals surface area contributed by atoms with Crippen LogP contribution < -0.4 is 4.90 Å². The number of nitrogens with zero attached hydrogens (tertiary/aromatic N) is 1. The first-order chi connectivity index (χ1) is 8.00. The number of likely N-dealkylation sites (N-methyl/N-ethyl adjacent to an activating group) is 1. The van der Waals surface area contributed by atoms with Crippen molar-refractivity contribution < 1.29 is 4.21 Å². The molecule has 0 aromatic heterocycles. The lowest BCUT2D eigenvalue weighted by Gasteiger charge is -2.20. The van der Waals surface area contributed by atoms with Crippen molar-refractivity contribution in [3.63, 3.8) is 0 Å². The number of benzene rings is 1. The lowest BCUT2D eigenvalue weighted by Crippen LogP contribution is -2.20. The maximum atomic E-state index is 11.2. The van der Waals surface area contributed by atoms with E-state index in [0.717, 1.165) is 6.54 Å². The van der Waals surface area contributed by atoms with Gasteiger partial charge < -0.3 is 4.90 Å². The number of anilines is 1. The van der Waals surface area contributed by atoms with Gasteiger partial charge >= 0.3 is 0 Å². The van der Waals surface area contributed by atoms with Crippen LogP contribution in [0, 0.1) is 0 Å². The molecular weight excluding hydrogens is 230 g/mol. The van der Waals surface area contributed by atoms with Crippen LogP contribution in [0.5, 0.6) is 0 Å². The second kappa shape index (κ2) is 6.60. The Morgan fingerprint density at radius 2 is 1.76 bits per heavy atom. The van der Waals surface area contributed by atoms with Crippen LogP contribution in [0.1, 0.15) is 13.8 Å². The smallest absolute Gasteiger partial charge is 0.0442 e. The Morgan fingerprint density at radius 3 is 2.29 bits per heavy atom. The summed E-state index contributed by atoms with van der Waals surface area (Å²) in [6.45, 7) is 5.06. The Kier molecular flexibility index (Phi) is 5.42. The summed E-state index contributed by atoms with van der Waals surface area (Å²) in [5.74, 6) is 0.675. The Labute approximate surface area is 107 Å². The van der Waals surface area contributed by atoms with Gasteiger partial charge in [-0.25, -0.2) is 0 Å². The van der Waals surface area contributed by atoms with E-state index in [1.54, 1.807) is 6.26 Å². The number of hydrogen-bond acceptors (Lipinski definition) is 2. The molecule has 1 aromatic rings. The molecule has 2 nitrogen and oxygen atoms in total. The summed E-state index contributed by atoms with van der Waals surface area (Å²) in [6, 6.07) is 10.3. The van der Waals surface area contributed by atoms with Crippen LogP contribution in [-0.2, 0) is 10.8 Å². The third-order valence-corrected chi connectivity index (χ3v) is 3.66. The highest BCUT2D eigenvalue weighted by Crippen LogP contribution is 2.14. The number of para-hydroxylation sites is 1. The van der Waals surface area contributed by atoms with Gasteiger partial charge in [-0.15, -0.1) is 0 Å². The summed E-state index contributed by atoms with van der Waals surface area (Å²) >= 11 is 0. The van der Waals surface area contributed by atoms with Crippen molar-refractivity contribution in [1.82, 2.24) is 0 Å². The fourth-order valence-electron chi connectivity index (χ4n) is 1.69. The van der Waals surface area contributed by atoms with E-state index in [2.05, 4.69) is 37.9 Å². The van der Waals surface area contributed by atoms with E-state index in [0.29, 0.717) is 5.75 Å². The van der Waals surface area contributed by atoms with Crippen molar-refractivity contribution in [2.45, 2.75) is 13.8 Å². The third-order valence-electron chi connectivity index (χ3n) is 2.82. The molecule has 1 aromatic carbocycles. The molecule has 0 bridgehead atoms. The van der Waals surface area contributed by atoms with Crippen LogP contribution in [0.4, 0.5) is 5.69 Å². The minimum atomic E-state index is -0.752. The van der Waals surface area contributed by atoms with E-state index in [-0.39, 0.29) is 0 Å². The Bertz CT molecular complexity index is 411. The van der Waals surface area contributed by atoms with Gasteiger partial charge in [-0.05, 0) is 26.0 Å². The van der Waals surface area contributed by atoms with Crippen molar-refractivity contribution in [3.05, 3.63) is 41.5 Å². The summed E-state index contributed by atoms with van der Waals surface area (Å²) in [4.78, 5) is 2.21. The second-order valence-electron chi connectivity index (χ2n) is 4.47. The van der Waals surface area contributed by atoms with Crippen LogP contribution in [0.2, 0.25) is 0 Å². The molecule has 0 aliphatic rings. The largest absolute Gasteiger partial charge is 0.371 e. The van der Waals surface area contributed by atoms with Crippen molar-refractivity contribution in [1.29, 1.82) is 0 Å². The second-order valence-corrected chi connectivity index (χ2v) is 5.90. The van der Waals surface area contributed by atoms with Crippen molar-refractivity contribution in [3.8, 4) is 0 Å². The molecule has 0 fully saturated rings. The van der Waals surface area contributed by atoms with Crippen LogP contribution in [0.3, 0.4) is 0 Å². The maximum absolute atomic E-state index is 11.2. The summed E-state index contributed by atoms with van der Waals surface area (Å²) in [5.41, 5.74) is 3.73. The van der Waals surface area contributed by atoms with E-state index in [1.807, 2.05) is 18.2 Å². The molecule has 0 saturated carbocycles. The normalized spacial score (nSPS) is 14.1. The molecule has 1 atom stereocenters. The molecule has 0 aliphatic carbocycles. The molecule has 1 unspecified atom stereocenters. The van der Waals surface area contributed by atoms with Crippen LogP contribution in [0.25, 0.3) is 0 Å². The topological polar surface area (TPSA) is 20.3 Å². The lowest BCUT2D eigenvalue weighted by atomic mass is 10.1. The van der Waals surface area contributed by atoms with Gasteiger partial charge in [-0.3, -0.25) is 4.21 Å². The van der Waals surface area contributed by atoms with Gasteiger partial charge in [-0.2, -0.15) is 0 Å². The van der Waals surface area contributed by atoms with E-state index in [4.69, 9.17) is 0 Å². The van der Waals surface area contributed by atoms with Gasteiger partial charge in [0.1, 0.15) is 0 Å². The molecule has 94 valence electrons. The summed E-state index contributed by atoms with van der Waals surface area (Å²) < 4.78 is 11.2. The van der Waals surface area contributed by atoms with E-state index >= 15 is 0 Å². The van der Waals surface area contributed by atoms with Gasteiger partial charge in [0, 0.05) is 42.1 Å². The van der Waals surface area contributed by atoms with E-state index < -0.39 is 10.8 Å². The first kappa shape index (κ1) is 14.0. The summed E-state index contributed by atoms with van der Waals surface area (Å²) in [6.07, 6.45) is 1.75.